The lowest BCUT2D eigenvalue weighted by Gasteiger charge is -2.13. The molecule has 2 aromatic rings. The first-order valence-electron chi connectivity index (χ1n) is 6.00. The van der Waals surface area contributed by atoms with Crippen LogP contribution >= 0.6 is 0 Å². The Labute approximate surface area is 106 Å². The van der Waals surface area contributed by atoms with Crippen molar-refractivity contribution < 1.29 is 5.11 Å². The first-order valence-corrected chi connectivity index (χ1v) is 6.00. The molecule has 0 amide bonds. The van der Waals surface area contributed by atoms with Crippen molar-refractivity contribution in [1.82, 2.24) is 25.0 Å². The van der Waals surface area contributed by atoms with E-state index in [1.807, 2.05) is 19.9 Å². The van der Waals surface area contributed by atoms with Crippen LogP contribution in [0.3, 0.4) is 0 Å². The maximum atomic E-state index is 10.4. The molecule has 0 fully saturated rings. The summed E-state index contributed by atoms with van der Waals surface area (Å²) in [5.41, 5.74) is 2.21. The summed E-state index contributed by atoms with van der Waals surface area (Å²) in [5, 5.41) is 22.5. The molecular weight excluding hydrogens is 230 g/mol. The summed E-state index contributed by atoms with van der Waals surface area (Å²) < 4.78 is 1.72. The number of aliphatic hydroxyl groups is 1. The van der Waals surface area contributed by atoms with Gasteiger partial charge in [-0.05, 0) is 26.3 Å². The van der Waals surface area contributed by atoms with Crippen molar-refractivity contribution in [3.63, 3.8) is 0 Å². The Kier molecular flexibility index (Phi) is 3.66. The van der Waals surface area contributed by atoms with Crippen LogP contribution in [0.1, 0.15) is 42.2 Å². The topological polar surface area (TPSA) is 76.7 Å². The second kappa shape index (κ2) is 5.22. The van der Waals surface area contributed by atoms with E-state index in [4.69, 9.17) is 0 Å². The predicted molar refractivity (Wildman–Crippen MR) is 65.9 cm³/mol. The quantitative estimate of drug-likeness (QED) is 0.877. The van der Waals surface area contributed by atoms with Crippen molar-refractivity contribution in [2.24, 2.45) is 0 Å². The van der Waals surface area contributed by atoms with E-state index in [9.17, 15) is 5.11 Å². The molecule has 0 radical (unpaired) electrons. The molecule has 2 aromatic heterocycles. The van der Waals surface area contributed by atoms with E-state index in [1.54, 1.807) is 4.68 Å². The van der Waals surface area contributed by atoms with Crippen LogP contribution < -0.4 is 0 Å². The molecule has 1 unspecified atom stereocenters. The van der Waals surface area contributed by atoms with Gasteiger partial charge in [0.05, 0.1) is 11.4 Å². The van der Waals surface area contributed by atoms with Crippen molar-refractivity contribution in [1.29, 1.82) is 0 Å². The number of aliphatic hydroxyl groups excluding tert-OH is 1. The molecule has 2 rings (SSSR count). The molecule has 0 spiro atoms. The van der Waals surface area contributed by atoms with E-state index in [2.05, 4.69) is 27.2 Å². The van der Waals surface area contributed by atoms with Gasteiger partial charge in [0.1, 0.15) is 12.4 Å². The second-order valence-corrected chi connectivity index (χ2v) is 4.27. The number of nitrogens with zero attached hydrogens (tertiary/aromatic N) is 5. The van der Waals surface area contributed by atoms with Crippen LogP contribution in [0.15, 0.2) is 12.4 Å². The Morgan fingerprint density at radius 3 is 2.83 bits per heavy atom. The Balaban J connectivity index is 2.38. The summed E-state index contributed by atoms with van der Waals surface area (Å²) >= 11 is 0. The van der Waals surface area contributed by atoms with Gasteiger partial charge < -0.3 is 5.11 Å². The summed E-state index contributed by atoms with van der Waals surface area (Å²) in [6.45, 7) is 6.47. The third-order valence-corrected chi connectivity index (χ3v) is 2.76. The number of hydrogen-bond donors (Lipinski definition) is 1. The van der Waals surface area contributed by atoms with Gasteiger partial charge in [-0.25, -0.2) is 9.67 Å². The lowest BCUT2D eigenvalue weighted by atomic mass is 10.1. The summed E-state index contributed by atoms with van der Waals surface area (Å²) in [6.07, 6.45) is 1.59. The minimum atomic E-state index is -0.812. The summed E-state index contributed by atoms with van der Waals surface area (Å²) in [7, 11) is 0. The molecule has 0 aliphatic carbocycles. The number of aromatic nitrogens is 5. The van der Waals surface area contributed by atoms with Crippen molar-refractivity contribution in [3.8, 4) is 0 Å². The highest BCUT2D eigenvalue weighted by Gasteiger charge is 2.19. The molecule has 0 bridgehead atoms. The summed E-state index contributed by atoms with van der Waals surface area (Å²) in [6, 6.07) is 1.83. The molecule has 1 atom stereocenters. The van der Waals surface area contributed by atoms with E-state index in [-0.39, 0.29) is 0 Å². The van der Waals surface area contributed by atoms with E-state index >= 15 is 0 Å². The third kappa shape index (κ3) is 2.38. The van der Waals surface area contributed by atoms with Gasteiger partial charge in [-0.15, -0.1) is 0 Å². The first kappa shape index (κ1) is 12.6. The Bertz CT molecular complexity index is 537. The zero-order chi connectivity index (χ0) is 13.1. The van der Waals surface area contributed by atoms with Crippen LogP contribution in [0.2, 0.25) is 0 Å². The van der Waals surface area contributed by atoms with Crippen molar-refractivity contribution in [3.05, 3.63) is 35.2 Å². The van der Waals surface area contributed by atoms with Crippen LogP contribution in [0.4, 0.5) is 0 Å². The largest absolute Gasteiger partial charge is 0.380 e. The molecule has 0 saturated carbocycles. The van der Waals surface area contributed by atoms with Crippen LogP contribution in [-0.4, -0.2) is 30.1 Å². The average molecular weight is 247 g/mol. The highest BCUT2D eigenvalue weighted by Crippen LogP contribution is 2.22. The predicted octanol–water partition coefficient (Wildman–Crippen LogP) is 1.18. The lowest BCUT2D eigenvalue weighted by Crippen LogP contribution is -2.13. The SMILES string of the molecule is CCCn1ncnc1C(O)c1cc(C)nnc1C. The summed E-state index contributed by atoms with van der Waals surface area (Å²) in [5.74, 6) is 0.548. The maximum absolute atomic E-state index is 10.4. The van der Waals surface area contributed by atoms with E-state index < -0.39 is 6.10 Å². The Hall–Kier alpha value is -1.82. The molecule has 0 aliphatic rings. The normalized spacial score (nSPS) is 12.7. The highest BCUT2D eigenvalue weighted by atomic mass is 16.3. The van der Waals surface area contributed by atoms with Crippen LogP contribution in [0, 0.1) is 13.8 Å². The van der Waals surface area contributed by atoms with Gasteiger partial charge in [0, 0.05) is 12.1 Å². The molecule has 18 heavy (non-hydrogen) atoms. The third-order valence-electron chi connectivity index (χ3n) is 2.76. The smallest absolute Gasteiger partial charge is 0.160 e. The fourth-order valence-electron chi connectivity index (χ4n) is 1.85. The van der Waals surface area contributed by atoms with Gasteiger partial charge in [0.2, 0.25) is 0 Å². The number of hydrogen-bond acceptors (Lipinski definition) is 5. The minimum Gasteiger partial charge on any atom is -0.380 e. The van der Waals surface area contributed by atoms with E-state index in [0.29, 0.717) is 11.5 Å². The van der Waals surface area contributed by atoms with Gasteiger partial charge in [-0.3, -0.25) is 0 Å². The van der Waals surface area contributed by atoms with Crippen LogP contribution in [0.25, 0.3) is 0 Å². The molecule has 96 valence electrons. The lowest BCUT2D eigenvalue weighted by molar-refractivity contribution is 0.200. The van der Waals surface area contributed by atoms with Gasteiger partial charge in [0.15, 0.2) is 5.82 Å². The number of rotatable bonds is 4. The zero-order valence-corrected chi connectivity index (χ0v) is 10.8. The fourth-order valence-corrected chi connectivity index (χ4v) is 1.85. The van der Waals surface area contributed by atoms with Crippen molar-refractivity contribution >= 4 is 0 Å². The fraction of sp³-hybridized carbons (Fsp3) is 0.500. The van der Waals surface area contributed by atoms with Gasteiger partial charge in [-0.2, -0.15) is 15.3 Å². The molecule has 1 N–H and O–H groups in total. The zero-order valence-electron chi connectivity index (χ0n) is 10.8. The molecule has 6 heteroatoms. The van der Waals surface area contributed by atoms with Crippen LogP contribution in [0.5, 0.6) is 0 Å². The summed E-state index contributed by atoms with van der Waals surface area (Å²) in [4.78, 5) is 4.14. The molecular formula is C12H17N5O. The molecule has 6 nitrogen and oxygen atoms in total. The van der Waals surface area contributed by atoms with Gasteiger partial charge in [0.25, 0.3) is 0 Å². The first-order chi connectivity index (χ1) is 8.63. The Morgan fingerprint density at radius 2 is 2.11 bits per heavy atom. The monoisotopic (exact) mass is 247 g/mol. The van der Waals surface area contributed by atoms with E-state index in [0.717, 1.165) is 24.2 Å². The van der Waals surface area contributed by atoms with Gasteiger partial charge >= 0.3 is 0 Å². The maximum Gasteiger partial charge on any atom is 0.160 e. The Morgan fingerprint density at radius 1 is 1.33 bits per heavy atom. The average Bonchev–Trinajstić information content (AvgIpc) is 2.80. The number of aryl methyl sites for hydroxylation is 3. The van der Waals surface area contributed by atoms with Crippen LogP contribution in [-0.2, 0) is 6.54 Å². The standard InChI is InChI=1S/C12H17N5O/c1-4-5-17-12(13-7-14-17)11(18)10-6-8(2)15-16-9(10)3/h6-7,11,18H,4-5H2,1-3H3. The highest BCUT2D eigenvalue weighted by molar-refractivity contribution is 5.26. The second-order valence-electron chi connectivity index (χ2n) is 4.27. The van der Waals surface area contributed by atoms with Crippen molar-refractivity contribution in [2.75, 3.05) is 0 Å². The van der Waals surface area contributed by atoms with Crippen molar-refractivity contribution in [2.45, 2.75) is 39.8 Å². The minimum absolute atomic E-state index is 0.548. The van der Waals surface area contributed by atoms with Gasteiger partial charge in [-0.1, -0.05) is 6.92 Å². The molecule has 0 aromatic carbocycles. The molecule has 0 saturated heterocycles. The molecule has 0 aliphatic heterocycles. The molecule has 2 heterocycles. The van der Waals surface area contributed by atoms with E-state index in [1.165, 1.54) is 6.33 Å².